The molecular weight excluding hydrogens is 285 g/mol. The van der Waals surface area contributed by atoms with Gasteiger partial charge >= 0.3 is 0 Å². The van der Waals surface area contributed by atoms with Gasteiger partial charge in [-0.1, -0.05) is 28.1 Å². The average molecular weight is 296 g/mol. The molecule has 0 atom stereocenters. The molecule has 0 N–H and O–H groups in total. The predicted molar refractivity (Wildman–Crippen MR) is 68.6 cm³/mol. The minimum atomic E-state index is -0.294. The summed E-state index contributed by atoms with van der Waals surface area (Å²) in [5.74, 6) is -0.294. The number of hydrogen-bond acceptors (Lipinski definition) is 1. The van der Waals surface area contributed by atoms with Crippen molar-refractivity contribution in [3.05, 3.63) is 68.3 Å². The minimum Gasteiger partial charge on any atom is -0.311 e. The normalized spacial score (nSPS) is 10.5. The quantitative estimate of drug-likeness (QED) is 0.834. The van der Waals surface area contributed by atoms with Crippen LogP contribution < -0.4 is 5.56 Å². The van der Waals surface area contributed by atoms with Gasteiger partial charge in [0.15, 0.2) is 0 Å². The summed E-state index contributed by atoms with van der Waals surface area (Å²) >= 11 is 3.29. The highest BCUT2D eigenvalue weighted by Gasteiger charge is 2.04. The molecular formula is C13H11BrFNO. The Labute approximate surface area is 107 Å². The van der Waals surface area contributed by atoms with Crippen LogP contribution in [0.4, 0.5) is 4.39 Å². The Morgan fingerprint density at radius 1 is 1.35 bits per heavy atom. The SMILES string of the molecule is Cc1cccn(Cc2ccc(F)cc2Br)c1=O. The van der Waals surface area contributed by atoms with Gasteiger partial charge in [0.25, 0.3) is 5.56 Å². The molecule has 17 heavy (non-hydrogen) atoms. The number of benzene rings is 1. The van der Waals surface area contributed by atoms with Gasteiger partial charge in [-0.25, -0.2) is 4.39 Å². The lowest BCUT2D eigenvalue weighted by atomic mass is 10.2. The van der Waals surface area contributed by atoms with Crippen LogP contribution in [0.15, 0.2) is 45.8 Å². The van der Waals surface area contributed by atoms with E-state index in [1.54, 1.807) is 29.8 Å². The topological polar surface area (TPSA) is 22.0 Å². The fourth-order valence-electron chi connectivity index (χ4n) is 1.61. The summed E-state index contributed by atoms with van der Waals surface area (Å²) in [5, 5.41) is 0. The largest absolute Gasteiger partial charge is 0.311 e. The van der Waals surface area contributed by atoms with E-state index in [2.05, 4.69) is 15.9 Å². The van der Waals surface area contributed by atoms with Crippen molar-refractivity contribution in [2.75, 3.05) is 0 Å². The Morgan fingerprint density at radius 3 is 2.82 bits per heavy atom. The molecule has 0 bridgehead atoms. The number of aryl methyl sites for hydroxylation is 1. The first-order valence-corrected chi connectivity index (χ1v) is 5.97. The molecule has 2 rings (SSSR count). The van der Waals surface area contributed by atoms with E-state index in [0.29, 0.717) is 16.6 Å². The van der Waals surface area contributed by atoms with Crippen LogP contribution >= 0.6 is 15.9 Å². The van der Waals surface area contributed by atoms with Crippen LogP contribution in [0.1, 0.15) is 11.1 Å². The van der Waals surface area contributed by atoms with Crippen molar-refractivity contribution < 1.29 is 4.39 Å². The zero-order chi connectivity index (χ0) is 12.4. The molecule has 1 heterocycles. The van der Waals surface area contributed by atoms with E-state index in [4.69, 9.17) is 0 Å². The summed E-state index contributed by atoms with van der Waals surface area (Å²) in [6, 6.07) is 8.07. The Kier molecular flexibility index (Phi) is 3.43. The Balaban J connectivity index is 2.38. The van der Waals surface area contributed by atoms with Crippen molar-refractivity contribution in [2.24, 2.45) is 0 Å². The van der Waals surface area contributed by atoms with Gasteiger partial charge in [0.1, 0.15) is 5.82 Å². The first-order chi connectivity index (χ1) is 8.08. The maximum absolute atomic E-state index is 12.9. The van der Waals surface area contributed by atoms with Crippen LogP contribution in [0, 0.1) is 12.7 Å². The molecule has 0 unspecified atom stereocenters. The number of rotatable bonds is 2. The Morgan fingerprint density at radius 2 is 2.12 bits per heavy atom. The third-order valence-corrected chi connectivity index (χ3v) is 3.30. The van der Waals surface area contributed by atoms with E-state index in [-0.39, 0.29) is 11.4 Å². The van der Waals surface area contributed by atoms with Gasteiger partial charge in [0.05, 0.1) is 6.54 Å². The number of halogens is 2. The zero-order valence-electron chi connectivity index (χ0n) is 9.28. The molecule has 0 radical (unpaired) electrons. The van der Waals surface area contributed by atoms with Crippen molar-refractivity contribution in [2.45, 2.75) is 13.5 Å². The smallest absolute Gasteiger partial charge is 0.253 e. The van der Waals surface area contributed by atoms with Gasteiger partial charge in [-0.2, -0.15) is 0 Å². The minimum absolute atomic E-state index is 0.0243. The predicted octanol–water partition coefficient (Wildman–Crippen LogP) is 3.11. The Bertz CT molecular complexity index is 607. The molecule has 2 nitrogen and oxygen atoms in total. The maximum atomic E-state index is 12.9. The molecule has 0 saturated carbocycles. The highest BCUT2D eigenvalue weighted by atomic mass is 79.9. The standard InChI is InChI=1S/C13H11BrFNO/c1-9-3-2-6-16(13(9)17)8-10-4-5-11(15)7-12(10)14/h2-7H,8H2,1H3. The molecule has 0 spiro atoms. The van der Waals surface area contributed by atoms with Gasteiger partial charge in [-0.3, -0.25) is 4.79 Å². The summed E-state index contributed by atoms with van der Waals surface area (Å²) in [6.07, 6.45) is 1.73. The van der Waals surface area contributed by atoms with Crippen LogP contribution in [0.5, 0.6) is 0 Å². The van der Waals surface area contributed by atoms with Crippen molar-refractivity contribution in [3.63, 3.8) is 0 Å². The van der Waals surface area contributed by atoms with Crippen molar-refractivity contribution in [3.8, 4) is 0 Å². The van der Waals surface area contributed by atoms with Crippen LogP contribution in [0.2, 0.25) is 0 Å². The first-order valence-electron chi connectivity index (χ1n) is 5.18. The van der Waals surface area contributed by atoms with E-state index in [1.165, 1.54) is 12.1 Å². The molecule has 4 heteroatoms. The number of pyridine rings is 1. The number of aromatic nitrogens is 1. The van der Waals surface area contributed by atoms with Gasteiger partial charge in [0, 0.05) is 16.2 Å². The van der Waals surface area contributed by atoms with E-state index in [1.807, 2.05) is 6.07 Å². The van der Waals surface area contributed by atoms with E-state index in [0.717, 1.165) is 5.56 Å². The molecule has 0 fully saturated rings. The molecule has 1 aromatic heterocycles. The number of nitrogens with zero attached hydrogens (tertiary/aromatic N) is 1. The highest BCUT2D eigenvalue weighted by molar-refractivity contribution is 9.10. The van der Waals surface area contributed by atoms with Crippen LogP contribution in [-0.4, -0.2) is 4.57 Å². The third kappa shape index (κ3) is 2.64. The molecule has 0 saturated heterocycles. The lowest BCUT2D eigenvalue weighted by Crippen LogP contribution is -2.21. The van der Waals surface area contributed by atoms with Gasteiger partial charge in [-0.15, -0.1) is 0 Å². The van der Waals surface area contributed by atoms with Crippen molar-refractivity contribution >= 4 is 15.9 Å². The second-order valence-electron chi connectivity index (χ2n) is 3.86. The monoisotopic (exact) mass is 295 g/mol. The van der Waals surface area contributed by atoms with Gasteiger partial charge in [-0.05, 0) is 30.7 Å². The first kappa shape index (κ1) is 12.0. The molecule has 88 valence electrons. The fraction of sp³-hybridized carbons (Fsp3) is 0.154. The van der Waals surface area contributed by atoms with Crippen molar-refractivity contribution in [1.82, 2.24) is 4.57 Å². The van der Waals surface area contributed by atoms with Crippen LogP contribution in [0.25, 0.3) is 0 Å². The van der Waals surface area contributed by atoms with Crippen LogP contribution in [0.3, 0.4) is 0 Å². The number of hydrogen-bond donors (Lipinski definition) is 0. The molecule has 0 aliphatic rings. The highest BCUT2D eigenvalue weighted by Crippen LogP contribution is 2.18. The third-order valence-electron chi connectivity index (χ3n) is 2.57. The summed E-state index contributed by atoms with van der Waals surface area (Å²) in [6.45, 7) is 2.21. The zero-order valence-corrected chi connectivity index (χ0v) is 10.9. The summed E-state index contributed by atoms with van der Waals surface area (Å²) in [7, 11) is 0. The molecule has 0 aliphatic heterocycles. The maximum Gasteiger partial charge on any atom is 0.253 e. The molecule has 1 aromatic carbocycles. The molecule has 0 aliphatic carbocycles. The lowest BCUT2D eigenvalue weighted by Gasteiger charge is -2.08. The van der Waals surface area contributed by atoms with E-state index < -0.39 is 0 Å². The average Bonchev–Trinajstić information content (AvgIpc) is 2.28. The van der Waals surface area contributed by atoms with Gasteiger partial charge in [0.2, 0.25) is 0 Å². The second kappa shape index (κ2) is 4.84. The fourth-order valence-corrected chi connectivity index (χ4v) is 2.09. The molecule has 0 amide bonds. The van der Waals surface area contributed by atoms with Gasteiger partial charge < -0.3 is 4.57 Å². The summed E-state index contributed by atoms with van der Waals surface area (Å²) in [5.41, 5.74) is 1.55. The van der Waals surface area contributed by atoms with Crippen molar-refractivity contribution in [1.29, 1.82) is 0 Å². The lowest BCUT2D eigenvalue weighted by molar-refractivity contribution is 0.624. The summed E-state index contributed by atoms with van der Waals surface area (Å²) < 4.78 is 15.2. The second-order valence-corrected chi connectivity index (χ2v) is 4.71. The van der Waals surface area contributed by atoms with E-state index in [9.17, 15) is 9.18 Å². The Hall–Kier alpha value is -1.42. The summed E-state index contributed by atoms with van der Waals surface area (Å²) in [4.78, 5) is 11.8. The van der Waals surface area contributed by atoms with E-state index >= 15 is 0 Å². The molecule has 2 aromatic rings. The van der Waals surface area contributed by atoms with Crippen LogP contribution in [-0.2, 0) is 6.54 Å².